The molecule has 1 rings (SSSR count). The van der Waals surface area contributed by atoms with Crippen molar-refractivity contribution in [2.24, 2.45) is 5.11 Å². The summed E-state index contributed by atoms with van der Waals surface area (Å²) in [5.41, 5.74) is 8.46. The maximum Gasteiger partial charge on any atom is 0.239 e. The van der Waals surface area contributed by atoms with Crippen LogP contribution < -0.4 is 5.32 Å². The van der Waals surface area contributed by atoms with Crippen LogP contribution in [0.25, 0.3) is 10.4 Å². The molecule has 0 aromatic heterocycles. The minimum Gasteiger partial charge on any atom is -0.378 e. The molecule has 0 aromatic carbocycles. The first-order valence-corrected chi connectivity index (χ1v) is 6.82. The number of azide groups is 1. The van der Waals surface area contributed by atoms with E-state index in [4.69, 9.17) is 10.3 Å². The number of nitrogens with zero attached hydrogens (tertiary/aromatic N) is 5. The van der Waals surface area contributed by atoms with Crippen LogP contribution in [-0.4, -0.2) is 81.8 Å². The lowest BCUT2D eigenvalue weighted by Crippen LogP contribution is -2.43. The summed E-state index contributed by atoms with van der Waals surface area (Å²) in [4.78, 5) is 18.7. The van der Waals surface area contributed by atoms with Crippen LogP contribution in [0.5, 0.6) is 0 Å². The summed E-state index contributed by atoms with van der Waals surface area (Å²) in [7, 11) is 5.53. The monoisotopic (exact) mass is 284 g/mol. The van der Waals surface area contributed by atoms with Crippen molar-refractivity contribution in [1.82, 2.24) is 15.1 Å². The quantitative estimate of drug-likeness (QED) is 0.295. The maximum atomic E-state index is 12.3. The number of amides is 1. The summed E-state index contributed by atoms with van der Waals surface area (Å²) < 4.78 is 5.41. The molecule has 1 amide bonds. The molecule has 0 spiro atoms. The molecule has 1 aliphatic heterocycles. The minimum absolute atomic E-state index is 0.0559. The van der Waals surface area contributed by atoms with E-state index in [0.717, 1.165) is 6.54 Å². The fourth-order valence-corrected chi connectivity index (χ4v) is 2.26. The number of nitrogens with one attached hydrogen (secondary N) is 1. The summed E-state index contributed by atoms with van der Waals surface area (Å²) in [5.74, 6) is 0.0559. The van der Waals surface area contributed by atoms with Crippen molar-refractivity contribution in [2.75, 3.05) is 54.0 Å². The topological polar surface area (TPSA) is 93.6 Å². The number of hydrogen-bond acceptors (Lipinski definition) is 5. The minimum atomic E-state index is -0.201. The van der Waals surface area contributed by atoms with Crippen LogP contribution in [0.15, 0.2) is 5.11 Å². The number of likely N-dealkylation sites (N-methyl/N-ethyl adjacent to an activating group) is 3. The Bertz CT molecular complexity index is 358. The van der Waals surface area contributed by atoms with Crippen LogP contribution in [0, 0.1) is 0 Å². The lowest BCUT2D eigenvalue weighted by atomic mass is 10.1. The lowest BCUT2D eigenvalue weighted by molar-refractivity contribution is -0.134. The van der Waals surface area contributed by atoms with Crippen LogP contribution in [0.2, 0.25) is 0 Å². The maximum absolute atomic E-state index is 12.3. The van der Waals surface area contributed by atoms with Gasteiger partial charge < -0.3 is 15.0 Å². The van der Waals surface area contributed by atoms with Crippen LogP contribution in [0.1, 0.15) is 6.42 Å². The second-order valence-corrected chi connectivity index (χ2v) is 5.03. The number of likely N-dealkylation sites (tertiary alicyclic amines) is 1. The number of carbonyl (C=O) groups is 1. The summed E-state index contributed by atoms with van der Waals surface area (Å²) in [6.45, 7) is 3.17. The lowest BCUT2D eigenvalue weighted by Gasteiger charge is -2.25. The average molecular weight is 284 g/mol. The summed E-state index contributed by atoms with van der Waals surface area (Å²) >= 11 is 0. The van der Waals surface area contributed by atoms with Crippen molar-refractivity contribution in [3.63, 3.8) is 0 Å². The van der Waals surface area contributed by atoms with Crippen LogP contribution in [-0.2, 0) is 9.53 Å². The van der Waals surface area contributed by atoms with E-state index < -0.39 is 0 Å². The van der Waals surface area contributed by atoms with Gasteiger partial charge in [0.25, 0.3) is 0 Å². The molecule has 0 aromatic rings. The second-order valence-electron chi connectivity index (χ2n) is 5.03. The highest BCUT2D eigenvalue weighted by molar-refractivity contribution is 5.82. The highest BCUT2D eigenvalue weighted by Crippen LogP contribution is 2.20. The molecule has 1 aliphatic rings. The molecule has 1 saturated heterocycles. The van der Waals surface area contributed by atoms with Crippen molar-refractivity contribution in [3.8, 4) is 0 Å². The van der Waals surface area contributed by atoms with Gasteiger partial charge in [0.05, 0.1) is 25.3 Å². The summed E-state index contributed by atoms with van der Waals surface area (Å²) in [6, 6.07) is -0.313. The van der Waals surface area contributed by atoms with Gasteiger partial charge in [-0.2, -0.15) is 0 Å². The molecule has 0 unspecified atom stereocenters. The van der Waals surface area contributed by atoms with Crippen LogP contribution in [0.4, 0.5) is 0 Å². The normalized spacial score (nSPS) is 22.6. The number of ether oxygens (including phenoxy) is 1. The number of carbonyl (C=O) groups excluding carboxylic acids is 1. The van der Waals surface area contributed by atoms with Crippen LogP contribution >= 0.6 is 0 Å². The second kappa shape index (κ2) is 8.76. The highest BCUT2D eigenvalue weighted by Gasteiger charge is 2.35. The molecule has 20 heavy (non-hydrogen) atoms. The molecular weight excluding hydrogens is 260 g/mol. The molecule has 1 heterocycles. The van der Waals surface area contributed by atoms with E-state index in [-0.39, 0.29) is 18.0 Å². The van der Waals surface area contributed by atoms with E-state index in [1.54, 1.807) is 11.9 Å². The Balaban J connectivity index is 2.35. The van der Waals surface area contributed by atoms with Gasteiger partial charge >= 0.3 is 0 Å². The van der Waals surface area contributed by atoms with Gasteiger partial charge in [-0.25, -0.2) is 0 Å². The van der Waals surface area contributed by atoms with Gasteiger partial charge in [0.15, 0.2) is 0 Å². The Hall–Kier alpha value is -1.34. The predicted molar refractivity (Wildman–Crippen MR) is 76.4 cm³/mol. The van der Waals surface area contributed by atoms with Crippen molar-refractivity contribution in [2.45, 2.75) is 18.5 Å². The summed E-state index contributed by atoms with van der Waals surface area (Å²) in [5, 5.41) is 6.69. The Morgan fingerprint density at radius 1 is 1.60 bits per heavy atom. The van der Waals surface area contributed by atoms with Crippen molar-refractivity contribution < 1.29 is 9.53 Å². The number of rotatable bonds is 8. The van der Waals surface area contributed by atoms with Crippen molar-refractivity contribution >= 4 is 5.91 Å². The third kappa shape index (κ3) is 4.97. The van der Waals surface area contributed by atoms with E-state index in [0.29, 0.717) is 32.7 Å². The van der Waals surface area contributed by atoms with E-state index in [1.165, 1.54) is 0 Å². The smallest absolute Gasteiger partial charge is 0.239 e. The third-order valence-corrected chi connectivity index (χ3v) is 3.47. The first kappa shape index (κ1) is 16.7. The molecule has 8 heteroatoms. The van der Waals surface area contributed by atoms with Crippen LogP contribution in [0.3, 0.4) is 0 Å². The molecule has 8 nitrogen and oxygen atoms in total. The SMILES string of the molecule is CNCCOCCN(C)C(=O)[C@@H]1C[C@H](N=[N+]=[N-])CN1C. The van der Waals surface area contributed by atoms with Gasteiger partial charge in [-0.1, -0.05) is 5.11 Å². The zero-order valence-electron chi connectivity index (χ0n) is 12.4. The van der Waals surface area contributed by atoms with Gasteiger partial charge in [-0.3, -0.25) is 9.69 Å². The summed E-state index contributed by atoms with van der Waals surface area (Å²) in [6.07, 6.45) is 0.588. The Labute approximate surface area is 119 Å². The van der Waals surface area contributed by atoms with Gasteiger partial charge in [0, 0.05) is 31.6 Å². The average Bonchev–Trinajstić information content (AvgIpc) is 2.78. The van der Waals surface area contributed by atoms with Gasteiger partial charge in [0.2, 0.25) is 5.91 Å². The van der Waals surface area contributed by atoms with Crippen molar-refractivity contribution in [1.29, 1.82) is 0 Å². The molecule has 1 N–H and O–H groups in total. The molecule has 0 saturated carbocycles. The van der Waals surface area contributed by atoms with Crippen molar-refractivity contribution in [3.05, 3.63) is 10.4 Å². The molecule has 0 aliphatic carbocycles. The van der Waals surface area contributed by atoms with E-state index in [9.17, 15) is 4.79 Å². The van der Waals surface area contributed by atoms with Gasteiger partial charge in [-0.15, -0.1) is 0 Å². The Kier molecular flexibility index (Phi) is 7.32. The zero-order valence-corrected chi connectivity index (χ0v) is 12.4. The first-order valence-electron chi connectivity index (χ1n) is 6.82. The highest BCUT2D eigenvalue weighted by atomic mass is 16.5. The van der Waals surface area contributed by atoms with E-state index in [1.807, 2.05) is 19.0 Å². The molecular formula is C12H24N6O2. The van der Waals surface area contributed by atoms with E-state index >= 15 is 0 Å². The molecule has 2 atom stereocenters. The van der Waals surface area contributed by atoms with E-state index in [2.05, 4.69) is 15.3 Å². The zero-order chi connectivity index (χ0) is 15.0. The Morgan fingerprint density at radius 3 is 3.00 bits per heavy atom. The first-order chi connectivity index (χ1) is 9.60. The fraction of sp³-hybridized carbons (Fsp3) is 0.917. The predicted octanol–water partition coefficient (Wildman–Crippen LogP) is 0.0638. The Morgan fingerprint density at radius 2 is 2.35 bits per heavy atom. The fourth-order valence-electron chi connectivity index (χ4n) is 2.26. The standard InChI is InChI=1S/C12H24N6O2/c1-14-4-6-20-7-5-17(2)12(19)11-8-10(15-16-13)9-18(11)3/h10-11,14H,4-9H2,1-3H3/t10-,11-/m0/s1. The third-order valence-electron chi connectivity index (χ3n) is 3.47. The number of hydrogen-bond donors (Lipinski definition) is 1. The molecule has 114 valence electrons. The molecule has 1 fully saturated rings. The van der Waals surface area contributed by atoms with Gasteiger partial charge in [0.1, 0.15) is 0 Å². The molecule has 0 bridgehead atoms. The van der Waals surface area contributed by atoms with Gasteiger partial charge in [-0.05, 0) is 26.0 Å². The molecule has 0 radical (unpaired) electrons. The largest absolute Gasteiger partial charge is 0.378 e.